The lowest BCUT2D eigenvalue weighted by atomic mass is 10.2. The van der Waals surface area contributed by atoms with E-state index in [2.05, 4.69) is 24.1 Å². The number of nitrogens with zero attached hydrogens (tertiary/aromatic N) is 1. The molecule has 0 aliphatic carbocycles. The van der Waals surface area contributed by atoms with Gasteiger partial charge >= 0.3 is 0 Å². The van der Waals surface area contributed by atoms with E-state index in [0.29, 0.717) is 5.92 Å². The van der Waals surface area contributed by atoms with Gasteiger partial charge in [-0.25, -0.2) is 4.98 Å². The second-order valence-corrected chi connectivity index (χ2v) is 5.37. The molecule has 1 heterocycles. The fourth-order valence-electron chi connectivity index (χ4n) is 1.58. The summed E-state index contributed by atoms with van der Waals surface area (Å²) >= 11 is 7.69. The Bertz CT molecular complexity index is 481. The molecule has 0 saturated carbocycles. The van der Waals surface area contributed by atoms with Crippen LogP contribution in [0.1, 0.15) is 24.8 Å². The minimum absolute atomic E-state index is 0.455. The molecular formula is C12H15ClN2S. The summed E-state index contributed by atoms with van der Waals surface area (Å²) in [6, 6.07) is 5.86. The SMILES string of the molecule is CCNCC(C)c1nc2ccc(Cl)cc2s1. The molecule has 0 saturated heterocycles. The van der Waals surface area contributed by atoms with Crippen LogP contribution in [-0.4, -0.2) is 18.1 Å². The van der Waals surface area contributed by atoms with E-state index >= 15 is 0 Å². The van der Waals surface area contributed by atoms with E-state index in [-0.39, 0.29) is 0 Å². The van der Waals surface area contributed by atoms with Crippen molar-refractivity contribution in [1.82, 2.24) is 10.3 Å². The number of benzene rings is 1. The van der Waals surface area contributed by atoms with Crippen molar-refractivity contribution in [2.24, 2.45) is 0 Å². The Kier molecular flexibility index (Phi) is 3.79. The number of halogens is 1. The Hall–Kier alpha value is -0.640. The molecule has 4 heteroatoms. The van der Waals surface area contributed by atoms with E-state index in [9.17, 15) is 0 Å². The molecule has 1 unspecified atom stereocenters. The Morgan fingerprint density at radius 2 is 2.31 bits per heavy atom. The summed E-state index contributed by atoms with van der Waals surface area (Å²) in [5.74, 6) is 0.455. The van der Waals surface area contributed by atoms with Gasteiger partial charge in [-0.15, -0.1) is 11.3 Å². The molecule has 0 amide bonds. The predicted octanol–water partition coefficient (Wildman–Crippen LogP) is 3.66. The van der Waals surface area contributed by atoms with Gasteiger partial charge in [-0.3, -0.25) is 0 Å². The van der Waals surface area contributed by atoms with Gasteiger partial charge in [0.2, 0.25) is 0 Å². The maximum Gasteiger partial charge on any atom is 0.0979 e. The van der Waals surface area contributed by atoms with E-state index in [1.165, 1.54) is 9.71 Å². The van der Waals surface area contributed by atoms with E-state index in [4.69, 9.17) is 11.6 Å². The quantitative estimate of drug-likeness (QED) is 0.901. The molecule has 0 aliphatic rings. The number of likely N-dealkylation sites (N-methyl/N-ethyl adjacent to an activating group) is 1. The molecule has 1 N–H and O–H groups in total. The van der Waals surface area contributed by atoms with Crippen LogP contribution >= 0.6 is 22.9 Å². The second-order valence-electron chi connectivity index (χ2n) is 3.87. The third-order valence-electron chi connectivity index (χ3n) is 2.49. The highest BCUT2D eigenvalue weighted by Gasteiger charge is 2.11. The molecular weight excluding hydrogens is 240 g/mol. The van der Waals surface area contributed by atoms with Crippen molar-refractivity contribution in [2.75, 3.05) is 13.1 Å². The molecule has 1 aromatic heterocycles. The molecule has 0 aliphatic heterocycles. The predicted molar refractivity (Wildman–Crippen MR) is 71.6 cm³/mol. The van der Waals surface area contributed by atoms with Crippen molar-refractivity contribution >= 4 is 33.2 Å². The number of rotatable bonds is 4. The lowest BCUT2D eigenvalue weighted by molar-refractivity contribution is 0.633. The standard InChI is InChI=1S/C12H15ClN2S/c1-3-14-7-8(2)12-15-10-5-4-9(13)6-11(10)16-12/h4-6,8,14H,3,7H2,1-2H3. The summed E-state index contributed by atoms with van der Waals surface area (Å²) in [6.07, 6.45) is 0. The zero-order valence-electron chi connectivity index (χ0n) is 9.46. The molecule has 86 valence electrons. The minimum atomic E-state index is 0.455. The molecule has 2 aromatic rings. The fourth-order valence-corrected chi connectivity index (χ4v) is 2.87. The van der Waals surface area contributed by atoms with Crippen LogP contribution in [-0.2, 0) is 0 Å². The third kappa shape index (κ3) is 2.54. The number of hydrogen-bond donors (Lipinski definition) is 1. The molecule has 1 atom stereocenters. The molecule has 2 nitrogen and oxygen atoms in total. The summed E-state index contributed by atoms with van der Waals surface area (Å²) in [5, 5.41) is 5.30. The van der Waals surface area contributed by atoms with E-state index < -0.39 is 0 Å². The molecule has 1 aromatic carbocycles. The van der Waals surface area contributed by atoms with Gasteiger partial charge in [0.15, 0.2) is 0 Å². The summed E-state index contributed by atoms with van der Waals surface area (Å²) in [5.41, 5.74) is 1.05. The van der Waals surface area contributed by atoms with Gasteiger partial charge in [0.25, 0.3) is 0 Å². The number of hydrogen-bond acceptors (Lipinski definition) is 3. The number of thiazole rings is 1. The summed E-state index contributed by atoms with van der Waals surface area (Å²) in [6.45, 7) is 6.29. The van der Waals surface area contributed by atoms with Crippen LogP contribution in [0.3, 0.4) is 0 Å². The largest absolute Gasteiger partial charge is 0.316 e. The third-order valence-corrected chi connectivity index (χ3v) is 3.97. The molecule has 0 bridgehead atoms. The second kappa shape index (κ2) is 5.13. The van der Waals surface area contributed by atoms with Gasteiger partial charge in [0.05, 0.1) is 15.2 Å². The van der Waals surface area contributed by atoms with E-state index in [1.807, 2.05) is 18.2 Å². The van der Waals surface area contributed by atoms with Gasteiger partial charge < -0.3 is 5.32 Å². The number of fused-ring (bicyclic) bond motifs is 1. The highest BCUT2D eigenvalue weighted by atomic mass is 35.5. The van der Waals surface area contributed by atoms with Crippen LogP contribution in [0.2, 0.25) is 5.02 Å². The zero-order valence-corrected chi connectivity index (χ0v) is 11.0. The molecule has 16 heavy (non-hydrogen) atoms. The molecule has 0 spiro atoms. The molecule has 0 fully saturated rings. The number of nitrogens with one attached hydrogen (secondary N) is 1. The Balaban J connectivity index is 2.25. The average molecular weight is 255 g/mol. The first-order chi connectivity index (χ1) is 7.70. The summed E-state index contributed by atoms with van der Waals surface area (Å²) < 4.78 is 1.17. The average Bonchev–Trinajstić information content (AvgIpc) is 2.68. The van der Waals surface area contributed by atoms with Crippen molar-refractivity contribution in [3.8, 4) is 0 Å². The Morgan fingerprint density at radius 1 is 1.50 bits per heavy atom. The van der Waals surface area contributed by atoms with Gasteiger partial charge in [-0.05, 0) is 24.7 Å². The van der Waals surface area contributed by atoms with Crippen LogP contribution in [0.5, 0.6) is 0 Å². The summed E-state index contributed by atoms with van der Waals surface area (Å²) in [4.78, 5) is 4.63. The van der Waals surface area contributed by atoms with Gasteiger partial charge in [0, 0.05) is 17.5 Å². The van der Waals surface area contributed by atoms with Crippen molar-refractivity contribution in [3.05, 3.63) is 28.2 Å². The van der Waals surface area contributed by atoms with Crippen LogP contribution in [0, 0.1) is 0 Å². The normalized spacial score (nSPS) is 13.2. The van der Waals surface area contributed by atoms with Crippen molar-refractivity contribution in [1.29, 1.82) is 0 Å². The van der Waals surface area contributed by atoms with Crippen LogP contribution in [0.25, 0.3) is 10.2 Å². The first-order valence-corrected chi connectivity index (χ1v) is 6.67. The van der Waals surface area contributed by atoms with E-state index in [1.54, 1.807) is 11.3 Å². The monoisotopic (exact) mass is 254 g/mol. The highest BCUT2D eigenvalue weighted by molar-refractivity contribution is 7.18. The summed E-state index contributed by atoms with van der Waals surface area (Å²) in [7, 11) is 0. The van der Waals surface area contributed by atoms with Gasteiger partial charge in [-0.1, -0.05) is 25.4 Å². The van der Waals surface area contributed by atoms with Crippen LogP contribution in [0.4, 0.5) is 0 Å². The van der Waals surface area contributed by atoms with Gasteiger partial charge in [0.1, 0.15) is 0 Å². The number of aromatic nitrogens is 1. The fraction of sp³-hybridized carbons (Fsp3) is 0.417. The minimum Gasteiger partial charge on any atom is -0.316 e. The zero-order chi connectivity index (χ0) is 11.5. The van der Waals surface area contributed by atoms with Crippen molar-refractivity contribution in [3.63, 3.8) is 0 Å². The van der Waals surface area contributed by atoms with Gasteiger partial charge in [-0.2, -0.15) is 0 Å². The lowest BCUT2D eigenvalue weighted by Crippen LogP contribution is -2.19. The van der Waals surface area contributed by atoms with Crippen molar-refractivity contribution < 1.29 is 0 Å². The maximum absolute atomic E-state index is 5.96. The topological polar surface area (TPSA) is 24.9 Å². The lowest BCUT2D eigenvalue weighted by Gasteiger charge is -2.07. The first kappa shape index (κ1) is 11.8. The smallest absolute Gasteiger partial charge is 0.0979 e. The molecule has 0 radical (unpaired) electrons. The Morgan fingerprint density at radius 3 is 3.06 bits per heavy atom. The first-order valence-electron chi connectivity index (χ1n) is 5.47. The highest BCUT2D eigenvalue weighted by Crippen LogP contribution is 2.29. The van der Waals surface area contributed by atoms with E-state index in [0.717, 1.165) is 23.6 Å². The van der Waals surface area contributed by atoms with Crippen LogP contribution < -0.4 is 5.32 Å². The molecule has 2 rings (SSSR count). The Labute approximate surface area is 105 Å². The van der Waals surface area contributed by atoms with Crippen LogP contribution in [0.15, 0.2) is 18.2 Å². The maximum atomic E-state index is 5.96. The van der Waals surface area contributed by atoms with Crippen molar-refractivity contribution in [2.45, 2.75) is 19.8 Å².